The Balaban J connectivity index is 1.72. The Morgan fingerprint density at radius 1 is 1.05 bits per heavy atom. The van der Waals surface area contributed by atoms with Crippen LogP contribution in [0.2, 0.25) is 0 Å². The van der Waals surface area contributed by atoms with Crippen molar-refractivity contribution in [1.82, 2.24) is 19.9 Å². The Morgan fingerprint density at radius 3 is 2.91 bits per heavy atom. The first-order valence-corrected chi connectivity index (χ1v) is 8.05. The summed E-state index contributed by atoms with van der Waals surface area (Å²) >= 11 is 1.71. The maximum Gasteiger partial charge on any atom is 0.181 e. The van der Waals surface area contributed by atoms with Crippen LogP contribution in [0.5, 0.6) is 0 Å². The first-order chi connectivity index (χ1) is 10.8. The lowest BCUT2D eigenvalue weighted by molar-refractivity contribution is 1.08. The van der Waals surface area contributed by atoms with E-state index in [0.29, 0.717) is 5.65 Å². The van der Waals surface area contributed by atoms with Gasteiger partial charge in [-0.3, -0.25) is 0 Å². The number of nitrogens with zero attached hydrogens (tertiary/aromatic N) is 3. The Labute approximate surface area is 132 Å². The van der Waals surface area contributed by atoms with Gasteiger partial charge in [-0.25, -0.2) is 15.0 Å². The van der Waals surface area contributed by atoms with E-state index in [9.17, 15) is 0 Å². The van der Waals surface area contributed by atoms with Crippen molar-refractivity contribution in [3.8, 4) is 0 Å². The molecule has 108 valence electrons. The lowest BCUT2D eigenvalue weighted by atomic mass is 10.0. The van der Waals surface area contributed by atoms with Gasteiger partial charge in [-0.2, -0.15) is 0 Å². The van der Waals surface area contributed by atoms with Crippen LogP contribution >= 0.6 is 11.8 Å². The molecule has 0 radical (unpaired) electrons. The highest BCUT2D eigenvalue weighted by atomic mass is 32.2. The summed E-state index contributed by atoms with van der Waals surface area (Å²) in [5, 5.41) is 3.53. The van der Waals surface area contributed by atoms with Crippen molar-refractivity contribution in [2.45, 2.75) is 17.7 Å². The normalized spacial score (nSPS) is 11.3. The lowest BCUT2D eigenvalue weighted by Gasteiger charge is -2.10. The average Bonchev–Trinajstić information content (AvgIpc) is 3.03. The smallest absolute Gasteiger partial charge is 0.181 e. The molecule has 0 saturated carbocycles. The van der Waals surface area contributed by atoms with Crippen LogP contribution in [0.4, 0.5) is 0 Å². The second kappa shape index (κ2) is 5.42. The molecule has 0 saturated heterocycles. The first kappa shape index (κ1) is 13.3. The Hall–Kier alpha value is -2.40. The molecule has 22 heavy (non-hydrogen) atoms. The van der Waals surface area contributed by atoms with Crippen LogP contribution in [0.1, 0.15) is 11.1 Å². The molecule has 5 heteroatoms. The first-order valence-electron chi connectivity index (χ1n) is 7.07. The van der Waals surface area contributed by atoms with Gasteiger partial charge in [0.15, 0.2) is 5.65 Å². The van der Waals surface area contributed by atoms with E-state index in [1.807, 2.05) is 0 Å². The summed E-state index contributed by atoms with van der Waals surface area (Å²) in [6.45, 7) is 2.16. The number of aromatic amines is 1. The molecule has 4 aromatic rings. The number of imidazole rings is 1. The largest absolute Gasteiger partial charge is 0.341 e. The van der Waals surface area contributed by atoms with Crippen molar-refractivity contribution in [3.63, 3.8) is 0 Å². The Morgan fingerprint density at radius 2 is 1.95 bits per heavy atom. The minimum Gasteiger partial charge on any atom is -0.341 e. The zero-order valence-electron chi connectivity index (χ0n) is 12.1. The number of rotatable bonds is 3. The molecule has 0 unspecified atom stereocenters. The van der Waals surface area contributed by atoms with Gasteiger partial charge in [-0.15, -0.1) is 0 Å². The van der Waals surface area contributed by atoms with Gasteiger partial charge in [-0.1, -0.05) is 48.2 Å². The number of aromatic nitrogens is 4. The maximum absolute atomic E-state index is 4.38. The van der Waals surface area contributed by atoms with Crippen molar-refractivity contribution in [2.75, 3.05) is 0 Å². The van der Waals surface area contributed by atoms with Gasteiger partial charge in [0.1, 0.15) is 16.9 Å². The summed E-state index contributed by atoms with van der Waals surface area (Å²) in [5.74, 6) is 0.873. The fraction of sp³-hybridized carbons (Fsp3) is 0.118. The van der Waals surface area contributed by atoms with Gasteiger partial charge in [-0.05, 0) is 28.8 Å². The summed E-state index contributed by atoms with van der Waals surface area (Å²) < 4.78 is 0. The summed E-state index contributed by atoms with van der Waals surface area (Å²) in [7, 11) is 0. The fourth-order valence-electron chi connectivity index (χ4n) is 2.63. The van der Waals surface area contributed by atoms with E-state index in [0.717, 1.165) is 16.3 Å². The topological polar surface area (TPSA) is 54.5 Å². The van der Waals surface area contributed by atoms with Gasteiger partial charge >= 0.3 is 0 Å². The van der Waals surface area contributed by atoms with Crippen LogP contribution in [0.3, 0.4) is 0 Å². The zero-order chi connectivity index (χ0) is 14.9. The van der Waals surface area contributed by atoms with Crippen LogP contribution < -0.4 is 0 Å². The molecule has 0 aliphatic heterocycles. The van der Waals surface area contributed by atoms with Crippen molar-refractivity contribution in [2.24, 2.45) is 0 Å². The van der Waals surface area contributed by atoms with Crippen molar-refractivity contribution in [3.05, 3.63) is 60.2 Å². The molecule has 0 fully saturated rings. The molecular weight excluding hydrogens is 292 g/mol. The molecule has 0 spiro atoms. The molecular formula is C17H14N4S. The van der Waals surface area contributed by atoms with E-state index in [1.165, 1.54) is 21.9 Å². The van der Waals surface area contributed by atoms with Crippen LogP contribution in [-0.2, 0) is 5.75 Å². The maximum atomic E-state index is 4.38. The van der Waals surface area contributed by atoms with Gasteiger partial charge in [0.05, 0.1) is 6.33 Å². The molecule has 0 atom stereocenters. The minimum absolute atomic E-state index is 0.715. The van der Waals surface area contributed by atoms with Crippen molar-refractivity contribution in [1.29, 1.82) is 0 Å². The van der Waals surface area contributed by atoms with E-state index in [4.69, 9.17) is 0 Å². The van der Waals surface area contributed by atoms with Crippen LogP contribution in [0, 0.1) is 6.92 Å². The third-order valence-corrected chi connectivity index (χ3v) is 4.83. The standard InChI is InChI=1S/C17H14N4S/c1-11-6-7-12-4-2-3-5-13(12)14(11)8-22-17-15-16(19-9-18-15)20-10-21-17/h2-7,9-10H,8H2,1H3,(H,18,19,20,21). The quantitative estimate of drug-likeness (QED) is 0.457. The van der Waals surface area contributed by atoms with E-state index < -0.39 is 0 Å². The third-order valence-electron chi connectivity index (χ3n) is 3.82. The second-order valence-corrected chi connectivity index (χ2v) is 6.11. The SMILES string of the molecule is Cc1ccc2ccccc2c1CSc1ncnc2nc[nH]c12. The summed E-state index contributed by atoms with van der Waals surface area (Å²) in [6, 6.07) is 12.9. The monoisotopic (exact) mass is 306 g/mol. The predicted octanol–water partition coefficient (Wildman–Crippen LogP) is 4.11. The zero-order valence-corrected chi connectivity index (χ0v) is 12.9. The highest BCUT2D eigenvalue weighted by Gasteiger charge is 2.09. The Kier molecular flexibility index (Phi) is 3.27. The average molecular weight is 306 g/mol. The summed E-state index contributed by atoms with van der Waals surface area (Å²) in [4.78, 5) is 15.8. The minimum atomic E-state index is 0.715. The van der Waals surface area contributed by atoms with Gasteiger partial charge in [0, 0.05) is 5.75 Å². The number of aryl methyl sites for hydroxylation is 1. The van der Waals surface area contributed by atoms with Gasteiger partial charge < -0.3 is 4.98 Å². The third kappa shape index (κ3) is 2.23. The predicted molar refractivity (Wildman–Crippen MR) is 89.9 cm³/mol. The van der Waals surface area contributed by atoms with E-state index in [-0.39, 0.29) is 0 Å². The molecule has 2 aromatic heterocycles. The fourth-order valence-corrected chi connectivity index (χ4v) is 3.71. The molecule has 1 N–H and O–H groups in total. The summed E-state index contributed by atoms with van der Waals surface area (Å²) in [6.07, 6.45) is 3.23. The molecule has 4 rings (SSSR count). The number of thioether (sulfide) groups is 1. The highest BCUT2D eigenvalue weighted by molar-refractivity contribution is 7.98. The molecule has 2 aromatic carbocycles. The van der Waals surface area contributed by atoms with Gasteiger partial charge in [0.25, 0.3) is 0 Å². The molecule has 0 aliphatic rings. The van der Waals surface area contributed by atoms with E-state index in [2.05, 4.69) is 63.3 Å². The number of fused-ring (bicyclic) bond motifs is 2. The number of H-pyrrole nitrogens is 1. The van der Waals surface area contributed by atoms with Crippen LogP contribution in [-0.4, -0.2) is 19.9 Å². The number of hydrogen-bond donors (Lipinski definition) is 1. The van der Waals surface area contributed by atoms with Crippen LogP contribution in [0.15, 0.2) is 54.1 Å². The van der Waals surface area contributed by atoms with Gasteiger partial charge in [0.2, 0.25) is 0 Å². The van der Waals surface area contributed by atoms with E-state index >= 15 is 0 Å². The number of benzene rings is 2. The molecule has 0 bridgehead atoms. The Bertz CT molecular complexity index is 961. The number of hydrogen-bond acceptors (Lipinski definition) is 4. The second-order valence-electron chi connectivity index (χ2n) is 5.15. The highest BCUT2D eigenvalue weighted by Crippen LogP contribution is 2.30. The number of nitrogens with one attached hydrogen (secondary N) is 1. The molecule has 2 heterocycles. The van der Waals surface area contributed by atoms with Crippen molar-refractivity contribution < 1.29 is 0 Å². The van der Waals surface area contributed by atoms with E-state index in [1.54, 1.807) is 24.4 Å². The summed E-state index contributed by atoms with van der Waals surface area (Å²) in [5.41, 5.74) is 4.29. The molecule has 4 nitrogen and oxygen atoms in total. The molecule has 0 amide bonds. The molecule has 0 aliphatic carbocycles. The lowest BCUT2D eigenvalue weighted by Crippen LogP contribution is -1.91. The van der Waals surface area contributed by atoms with Crippen molar-refractivity contribution >= 4 is 33.7 Å². The van der Waals surface area contributed by atoms with Crippen LogP contribution in [0.25, 0.3) is 21.9 Å².